The minimum atomic E-state index is -0.504. The molecular formula is C13H22N4O3. The number of aromatic nitrogens is 3. The summed E-state index contributed by atoms with van der Waals surface area (Å²) in [4.78, 5) is 18.0. The topological polar surface area (TPSA) is 69.5 Å². The number of esters is 1. The molecule has 0 aliphatic carbocycles. The largest absolute Gasteiger partial charge is 0.467 e. The zero-order chi connectivity index (χ0) is 14.5. The van der Waals surface area contributed by atoms with Crippen molar-refractivity contribution < 1.29 is 14.3 Å². The summed E-state index contributed by atoms with van der Waals surface area (Å²) in [5.74, 6) is 1.12. The van der Waals surface area contributed by atoms with E-state index in [0.29, 0.717) is 25.6 Å². The molecule has 0 N–H and O–H groups in total. The third-order valence-corrected chi connectivity index (χ3v) is 3.21. The van der Waals surface area contributed by atoms with E-state index < -0.39 is 6.10 Å². The van der Waals surface area contributed by atoms with Gasteiger partial charge in [0.2, 0.25) is 0 Å². The fraction of sp³-hybridized carbons (Fsp3) is 0.769. The lowest BCUT2D eigenvalue weighted by molar-refractivity contribution is -0.160. The lowest BCUT2D eigenvalue weighted by atomic mass is 10.2. The van der Waals surface area contributed by atoms with Crippen LogP contribution in [0.5, 0.6) is 0 Å². The van der Waals surface area contributed by atoms with E-state index in [0.717, 1.165) is 18.9 Å². The fourth-order valence-corrected chi connectivity index (χ4v) is 2.23. The van der Waals surface area contributed by atoms with Gasteiger partial charge >= 0.3 is 5.97 Å². The first kappa shape index (κ1) is 14.9. The summed E-state index contributed by atoms with van der Waals surface area (Å²) < 4.78 is 12.1. The summed E-state index contributed by atoms with van der Waals surface area (Å²) in [5, 5.41) is 4.25. The zero-order valence-corrected chi connectivity index (χ0v) is 12.3. The predicted octanol–water partition coefficient (Wildman–Crippen LogP) is 0.308. The second-order valence-electron chi connectivity index (χ2n) is 5.37. The second kappa shape index (κ2) is 6.81. The van der Waals surface area contributed by atoms with Gasteiger partial charge in [-0.3, -0.25) is 4.90 Å². The molecule has 112 valence electrons. The number of carbonyl (C=O) groups excluding carboxylic acids is 1. The summed E-state index contributed by atoms with van der Waals surface area (Å²) in [6, 6.07) is 0. The Morgan fingerprint density at radius 3 is 3.10 bits per heavy atom. The van der Waals surface area contributed by atoms with Crippen LogP contribution < -0.4 is 0 Å². The molecule has 1 saturated heterocycles. The van der Waals surface area contributed by atoms with E-state index in [2.05, 4.69) is 28.8 Å². The Morgan fingerprint density at radius 2 is 2.40 bits per heavy atom. The van der Waals surface area contributed by atoms with Gasteiger partial charge in [-0.25, -0.2) is 14.5 Å². The Kier molecular flexibility index (Phi) is 5.08. The van der Waals surface area contributed by atoms with Gasteiger partial charge in [0.15, 0.2) is 6.10 Å². The molecule has 1 atom stereocenters. The van der Waals surface area contributed by atoms with Crippen LogP contribution in [0.1, 0.15) is 19.7 Å². The molecular weight excluding hydrogens is 260 g/mol. The molecule has 1 aromatic rings. The van der Waals surface area contributed by atoms with Crippen molar-refractivity contribution in [1.82, 2.24) is 19.7 Å². The molecule has 0 spiro atoms. The van der Waals surface area contributed by atoms with Gasteiger partial charge in [0, 0.05) is 19.6 Å². The first-order chi connectivity index (χ1) is 9.60. The van der Waals surface area contributed by atoms with E-state index in [-0.39, 0.29) is 5.97 Å². The zero-order valence-electron chi connectivity index (χ0n) is 12.3. The molecule has 7 nitrogen and oxygen atoms in total. The Hall–Kier alpha value is -1.47. The van der Waals surface area contributed by atoms with Crippen LogP contribution in [0.15, 0.2) is 6.33 Å². The minimum Gasteiger partial charge on any atom is -0.467 e. The molecule has 0 saturated carbocycles. The van der Waals surface area contributed by atoms with Crippen molar-refractivity contribution in [1.29, 1.82) is 0 Å². The lowest BCUT2D eigenvalue weighted by Gasteiger charge is -2.31. The maximum Gasteiger partial charge on any atom is 0.336 e. The third-order valence-electron chi connectivity index (χ3n) is 3.21. The Morgan fingerprint density at radius 1 is 1.60 bits per heavy atom. The number of carbonyl (C=O) groups is 1. The first-order valence-corrected chi connectivity index (χ1v) is 6.88. The molecule has 0 aromatic carbocycles. The van der Waals surface area contributed by atoms with Crippen LogP contribution in [-0.2, 0) is 27.4 Å². The van der Waals surface area contributed by atoms with Crippen molar-refractivity contribution in [3.8, 4) is 0 Å². The lowest BCUT2D eigenvalue weighted by Crippen LogP contribution is -2.46. The molecule has 0 bridgehead atoms. The van der Waals surface area contributed by atoms with Crippen LogP contribution in [0.3, 0.4) is 0 Å². The van der Waals surface area contributed by atoms with Crippen molar-refractivity contribution in [3.63, 3.8) is 0 Å². The van der Waals surface area contributed by atoms with Crippen LogP contribution in [0.2, 0.25) is 0 Å². The fourth-order valence-electron chi connectivity index (χ4n) is 2.23. The van der Waals surface area contributed by atoms with Gasteiger partial charge in [0.05, 0.1) is 20.3 Å². The van der Waals surface area contributed by atoms with Crippen molar-refractivity contribution in [2.45, 2.75) is 33.0 Å². The summed E-state index contributed by atoms with van der Waals surface area (Å²) in [6.45, 7) is 7.64. The van der Waals surface area contributed by atoms with Gasteiger partial charge in [-0.2, -0.15) is 5.10 Å². The number of methoxy groups -OCH3 is 1. The maximum absolute atomic E-state index is 11.5. The monoisotopic (exact) mass is 282 g/mol. The molecule has 7 heteroatoms. The highest BCUT2D eigenvalue weighted by atomic mass is 16.6. The highest BCUT2D eigenvalue weighted by Gasteiger charge is 2.28. The molecule has 1 aliphatic rings. The number of rotatable bonds is 5. The first-order valence-electron chi connectivity index (χ1n) is 6.88. The Labute approximate surface area is 118 Å². The van der Waals surface area contributed by atoms with Crippen molar-refractivity contribution in [2.24, 2.45) is 5.92 Å². The number of morpholine rings is 1. The van der Waals surface area contributed by atoms with Crippen molar-refractivity contribution in [2.75, 3.05) is 26.8 Å². The maximum atomic E-state index is 11.5. The molecule has 0 radical (unpaired) electrons. The molecule has 1 fully saturated rings. The highest BCUT2D eigenvalue weighted by molar-refractivity contribution is 5.74. The summed E-state index contributed by atoms with van der Waals surface area (Å²) in [5.41, 5.74) is 0. The van der Waals surface area contributed by atoms with E-state index >= 15 is 0 Å². The van der Waals surface area contributed by atoms with Crippen molar-refractivity contribution >= 4 is 5.97 Å². The van der Waals surface area contributed by atoms with Crippen LogP contribution in [0.4, 0.5) is 0 Å². The normalized spacial score (nSPS) is 20.3. The third kappa shape index (κ3) is 3.77. The number of hydrogen-bond donors (Lipinski definition) is 0. The van der Waals surface area contributed by atoms with Crippen LogP contribution in [0, 0.1) is 5.92 Å². The molecule has 1 aromatic heterocycles. The average Bonchev–Trinajstić information content (AvgIpc) is 2.84. The second-order valence-corrected chi connectivity index (χ2v) is 5.37. The highest BCUT2D eigenvalue weighted by Crippen LogP contribution is 2.11. The molecule has 2 heterocycles. The summed E-state index contributed by atoms with van der Waals surface area (Å²) >= 11 is 0. The van der Waals surface area contributed by atoms with E-state index in [1.807, 2.05) is 4.68 Å². The minimum absolute atomic E-state index is 0.321. The number of ether oxygens (including phenoxy) is 2. The van der Waals surface area contributed by atoms with Crippen LogP contribution in [0.25, 0.3) is 0 Å². The van der Waals surface area contributed by atoms with Gasteiger partial charge < -0.3 is 9.47 Å². The van der Waals surface area contributed by atoms with Gasteiger partial charge in [-0.05, 0) is 5.92 Å². The molecule has 20 heavy (non-hydrogen) atoms. The smallest absolute Gasteiger partial charge is 0.336 e. The van der Waals surface area contributed by atoms with Gasteiger partial charge in [-0.15, -0.1) is 0 Å². The Bertz CT molecular complexity index is 447. The van der Waals surface area contributed by atoms with Gasteiger partial charge in [0.25, 0.3) is 0 Å². The van der Waals surface area contributed by atoms with Gasteiger partial charge in [0.1, 0.15) is 12.2 Å². The quantitative estimate of drug-likeness (QED) is 0.724. The SMILES string of the molecule is COC(=O)C1CN(Cc2ncnn2CC(C)C)CCO1. The Balaban J connectivity index is 1.96. The van der Waals surface area contributed by atoms with Crippen LogP contribution in [-0.4, -0.2) is 58.5 Å². The summed E-state index contributed by atoms with van der Waals surface area (Å²) in [6.07, 6.45) is 1.07. The van der Waals surface area contributed by atoms with Crippen LogP contribution >= 0.6 is 0 Å². The average molecular weight is 282 g/mol. The molecule has 1 unspecified atom stereocenters. The van der Waals surface area contributed by atoms with E-state index in [1.54, 1.807) is 6.33 Å². The number of nitrogens with zero attached hydrogens (tertiary/aromatic N) is 4. The predicted molar refractivity (Wildman–Crippen MR) is 71.9 cm³/mol. The molecule has 2 rings (SSSR count). The van der Waals surface area contributed by atoms with E-state index in [1.165, 1.54) is 7.11 Å². The summed E-state index contributed by atoms with van der Waals surface area (Å²) in [7, 11) is 1.38. The van der Waals surface area contributed by atoms with E-state index in [9.17, 15) is 4.79 Å². The van der Waals surface area contributed by atoms with E-state index in [4.69, 9.17) is 9.47 Å². The molecule has 0 amide bonds. The molecule has 1 aliphatic heterocycles. The van der Waals surface area contributed by atoms with Gasteiger partial charge in [-0.1, -0.05) is 13.8 Å². The van der Waals surface area contributed by atoms with Crippen molar-refractivity contribution in [3.05, 3.63) is 12.2 Å². The standard InChI is InChI=1S/C13H22N4O3/c1-10(2)6-17-12(14-9-15-17)8-16-4-5-20-11(7-16)13(18)19-3/h9-11H,4-8H2,1-3H3. The number of hydrogen-bond acceptors (Lipinski definition) is 6.